The van der Waals surface area contributed by atoms with Crippen LogP contribution in [-0.4, -0.2) is 42.9 Å². The first-order chi connectivity index (χ1) is 7.86. The van der Waals surface area contributed by atoms with Gasteiger partial charge < -0.3 is 4.74 Å². The fourth-order valence-electron chi connectivity index (χ4n) is 3.95. The molecule has 5 rings (SSSR count). The highest BCUT2D eigenvalue weighted by Gasteiger charge is 2.51. The molecule has 16 heavy (non-hydrogen) atoms. The van der Waals surface area contributed by atoms with E-state index in [-0.39, 0.29) is 5.72 Å². The van der Waals surface area contributed by atoms with Gasteiger partial charge in [-0.3, -0.25) is 10.2 Å². The molecule has 1 N–H and O–H groups in total. The molecule has 4 saturated heterocycles. The van der Waals surface area contributed by atoms with Crippen LogP contribution in [0.1, 0.15) is 32.1 Å². The number of nitrogens with zero attached hydrogens (tertiary/aromatic N) is 1. The van der Waals surface area contributed by atoms with E-state index in [2.05, 4.69) is 10.2 Å². The summed E-state index contributed by atoms with van der Waals surface area (Å²) in [7, 11) is 0. The molecule has 0 aromatic heterocycles. The SMILES string of the molecule is C1CC(C2CC2)OC2(CN3CCC2CC3)N1. The third-order valence-electron chi connectivity index (χ3n) is 5.07. The fraction of sp³-hybridized carbons (Fsp3) is 1.00. The molecule has 90 valence electrons. The highest BCUT2D eigenvalue weighted by molar-refractivity contribution is 5.01. The molecule has 2 bridgehead atoms. The van der Waals surface area contributed by atoms with Gasteiger partial charge in [-0.1, -0.05) is 0 Å². The molecule has 5 aliphatic rings. The number of rotatable bonds is 1. The second-order valence-corrected chi connectivity index (χ2v) is 6.15. The van der Waals surface area contributed by atoms with Crippen molar-refractivity contribution in [2.45, 2.75) is 43.9 Å². The zero-order chi connectivity index (χ0) is 10.6. The molecule has 1 spiro atoms. The van der Waals surface area contributed by atoms with Crippen molar-refractivity contribution in [2.24, 2.45) is 11.8 Å². The minimum absolute atomic E-state index is 0.0437. The van der Waals surface area contributed by atoms with Gasteiger partial charge in [0, 0.05) is 19.0 Å². The van der Waals surface area contributed by atoms with Crippen molar-refractivity contribution in [3.8, 4) is 0 Å². The smallest absolute Gasteiger partial charge is 0.135 e. The quantitative estimate of drug-likeness (QED) is 0.721. The zero-order valence-electron chi connectivity index (χ0n) is 9.95. The van der Waals surface area contributed by atoms with E-state index in [0.717, 1.165) is 18.4 Å². The van der Waals surface area contributed by atoms with Crippen LogP contribution in [0, 0.1) is 11.8 Å². The van der Waals surface area contributed by atoms with Gasteiger partial charge in [-0.15, -0.1) is 0 Å². The van der Waals surface area contributed by atoms with Crippen molar-refractivity contribution >= 4 is 0 Å². The molecule has 0 aromatic carbocycles. The average molecular weight is 222 g/mol. The maximum Gasteiger partial charge on any atom is 0.135 e. The van der Waals surface area contributed by atoms with Gasteiger partial charge in [0.2, 0.25) is 0 Å². The number of hydrogen-bond acceptors (Lipinski definition) is 3. The Hall–Kier alpha value is -0.120. The largest absolute Gasteiger partial charge is 0.355 e. The Morgan fingerprint density at radius 2 is 1.88 bits per heavy atom. The van der Waals surface area contributed by atoms with Crippen molar-refractivity contribution in [1.82, 2.24) is 10.2 Å². The van der Waals surface area contributed by atoms with Crippen molar-refractivity contribution in [3.63, 3.8) is 0 Å². The third kappa shape index (κ3) is 1.45. The molecule has 2 unspecified atom stereocenters. The van der Waals surface area contributed by atoms with Crippen LogP contribution in [0.15, 0.2) is 0 Å². The van der Waals surface area contributed by atoms with Gasteiger partial charge in [-0.25, -0.2) is 0 Å². The van der Waals surface area contributed by atoms with E-state index < -0.39 is 0 Å². The minimum atomic E-state index is 0.0437. The summed E-state index contributed by atoms with van der Waals surface area (Å²) in [5.41, 5.74) is 0.0437. The van der Waals surface area contributed by atoms with E-state index in [1.54, 1.807) is 0 Å². The molecule has 0 radical (unpaired) electrons. The van der Waals surface area contributed by atoms with Crippen LogP contribution >= 0.6 is 0 Å². The summed E-state index contributed by atoms with van der Waals surface area (Å²) in [5.74, 6) is 1.67. The average Bonchev–Trinajstić information content (AvgIpc) is 3.14. The Morgan fingerprint density at radius 3 is 2.50 bits per heavy atom. The summed E-state index contributed by atoms with van der Waals surface area (Å²) in [6.07, 6.45) is 7.31. The van der Waals surface area contributed by atoms with Gasteiger partial charge in [0.25, 0.3) is 0 Å². The summed E-state index contributed by atoms with van der Waals surface area (Å²) < 4.78 is 6.52. The molecule has 5 fully saturated rings. The maximum absolute atomic E-state index is 6.52. The lowest BCUT2D eigenvalue weighted by Gasteiger charge is -2.56. The Balaban J connectivity index is 1.55. The normalized spacial score (nSPS) is 52.1. The first-order valence-electron chi connectivity index (χ1n) is 7.01. The monoisotopic (exact) mass is 222 g/mol. The summed E-state index contributed by atoms with van der Waals surface area (Å²) in [6.45, 7) is 4.91. The predicted molar refractivity (Wildman–Crippen MR) is 62.1 cm³/mol. The molecule has 4 heterocycles. The minimum Gasteiger partial charge on any atom is -0.355 e. The molecule has 3 nitrogen and oxygen atoms in total. The molecular weight excluding hydrogens is 200 g/mol. The molecule has 2 atom stereocenters. The Labute approximate surface area is 97.5 Å². The second-order valence-electron chi connectivity index (χ2n) is 6.15. The molecular formula is C13H22N2O. The topological polar surface area (TPSA) is 24.5 Å². The van der Waals surface area contributed by atoms with Crippen molar-refractivity contribution in [1.29, 1.82) is 0 Å². The fourth-order valence-corrected chi connectivity index (χ4v) is 3.95. The van der Waals surface area contributed by atoms with Crippen LogP contribution in [0.25, 0.3) is 0 Å². The van der Waals surface area contributed by atoms with Crippen molar-refractivity contribution in [2.75, 3.05) is 26.2 Å². The van der Waals surface area contributed by atoms with Crippen LogP contribution in [0.4, 0.5) is 0 Å². The summed E-state index contributed by atoms with van der Waals surface area (Å²) in [4.78, 5) is 2.59. The number of hydrogen-bond donors (Lipinski definition) is 1. The Kier molecular flexibility index (Phi) is 2.12. The summed E-state index contributed by atoms with van der Waals surface area (Å²) in [5, 5.41) is 3.71. The van der Waals surface area contributed by atoms with E-state index >= 15 is 0 Å². The number of piperidine rings is 3. The number of ether oxygens (including phenoxy) is 1. The molecule has 0 amide bonds. The first kappa shape index (κ1) is 9.86. The molecule has 1 saturated carbocycles. The number of nitrogens with one attached hydrogen (secondary N) is 1. The van der Waals surface area contributed by atoms with E-state index in [9.17, 15) is 0 Å². The predicted octanol–water partition coefficient (Wildman–Crippen LogP) is 1.20. The third-order valence-corrected chi connectivity index (χ3v) is 5.07. The van der Waals surface area contributed by atoms with Gasteiger partial charge >= 0.3 is 0 Å². The summed E-state index contributed by atoms with van der Waals surface area (Å²) >= 11 is 0. The lowest BCUT2D eigenvalue weighted by molar-refractivity contribution is -0.221. The highest BCUT2D eigenvalue weighted by atomic mass is 16.5. The van der Waals surface area contributed by atoms with E-state index in [1.807, 2.05) is 0 Å². The van der Waals surface area contributed by atoms with Crippen LogP contribution < -0.4 is 5.32 Å². The van der Waals surface area contributed by atoms with Crippen molar-refractivity contribution < 1.29 is 4.74 Å². The summed E-state index contributed by atoms with van der Waals surface area (Å²) in [6, 6.07) is 0. The molecule has 3 heteroatoms. The van der Waals surface area contributed by atoms with E-state index in [0.29, 0.717) is 6.10 Å². The molecule has 0 aromatic rings. The second kappa shape index (κ2) is 3.44. The first-order valence-corrected chi connectivity index (χ1v) is 7.01. The molecule has 1 aliphatic carbocycles. The Bertz CT molecular complexity index is 284. The van der Waals surface area contributed by atoms with Gasteiger partial charge in [-0.2, -0.15) is 0 Å². The van der Waals surface area contributed by atoms with Gasteiger partial charge in [0.15, 0.2) is 0 Å². The highest BCUT2D eigenvalue weighted by Crippen LogP contribution is 2.44. The van der Waals surface area contributed by atoms with E-state index in [4.69, 9.17) is 4.74 Å². The zero-order valence-corrected chi connectivity index (χ0v) is 9.95. The van der Waals surface area contributed by atoms with Crippen LogP contribution in [0.3, 0.4) is 0 Å². The number of fused-ring (bicyclic) bond motifs is 2. The van der Waals surface area contributed by atoms with Gasteiger partial charge in [-0.05, 0) is 51.1 Å². The Morgan fingerprint density at radius 1 is 1.06 bits per heavy atom. The van der Waals surface area contributed by atoms with E-state index in [1.165, 1.54) is 51.7 Å². The van der Waals surface area contributed by atoms with Crippen LogP contribution in [0.5, 0.6) is 0 Å². The van der Waals surface area contributed by atoms with Gasteiger partial charge in [0.05, 0.1) is 6.10 Å². The standard InChI is InChI=1S/C13H22N2O/c1-2-10(1)12-3-6-14-13(16-12)9-15-7-4-11(13)5-8-15/h10-12,14H,1-9H2. The van der Waals surface area contributed by atoms with Crippen LogP contribution in [-0.2, 0) is 4.74 Å². The molecule has 4 aliphatic heterocycles. The lowest BCUT2D eigenvalue weighted by Crippen LogP contribution is -2.70. The van der Waals surface area contributed by atoms with Crippen molar-refractivity contribution in [3.05, 3.63) is 0 Å². The van der Waals surface area contributed by atoms with Crippen LogP contribution in [0.2, 0.25) is 0 Å². The maximum atomic E-state index is 6.52. The lowest BCUT2D eigenvalue weighted by atomic mass is 9.79. The van der Waals surface area contributed by atoms with Gasteiger partial charge in [0.1, 0.15) is 5.72 Å².